The number of allylic oxidation sites excluding steroid dienone is 1. The lowest BCUT2D eigenvalue weighted by atomic mass is 10.1. The van der Waals surface area contributed by atoms with E-state index in [1.54, 1.807) is 6.92 Å². The minimum atomic E-state index is -0.347. The molecule has 3 rings (SSSR count). The van der Waals surface area contributed by atoms with Crippen LogP contribution < -0.4 is 4.74 Å². The zero-order valence-corrected chi connectivity index (χ0v) is 18.8. The molecule has 2 aromatic rings. The fraction of sp³-hybridized carbons (Fsp3) is 0.385. The van der Waals surface area contributed by atoms with Crippen LogP contribution in [0.15, 0.2) is 66.2 Å². The number of hydrogen-bond acceptors (Lipinski definition) is 5. The zero-order chi connectivity index (χ0) is 22.6. The van der Waals surface area contributed by atoms with Gasteiger partial charge in [-0.2, -0.15) is 0 Å². The van der Waals surface area contributed by atoms with E-state index >= 15 is 0 Å². The number of hydrogen-bond donors (Lipinski definition) is 0. The molecule has 2 unspecified atom stereocenters. The highest BCUT2D eigenvalue weighted by Crippen LogP contribution is 2.60. The van der Waals surface area contributed by atoms with E-state index in [0.717, 1.165) is 11.3 Å². The number of para-hydroxylation sites is 1. The van der Waals surface area contributed by atoms with E-state index in [0.29, 0.717) is 11.3 Å². The molecule has 0 N–H and O–H groups in total. The monoisotopic (exact) mass is 422 g/mol. The Morgan fingerprint density at radius 2 is 1.71 bits per heavy atom. The molecule has 0 radical (unpaired) electrons. The predicted octanol–water partition coefficient (Wildman–Crippen LogP) is 5.69. The third-order valence-electron chi connectivity index (χ3n) is 5.52. The lowest BCUT2D eigenvalue weighted by Gasteiger charge is -2.09. The third-order valence-corrected chi connectivity index (χ3v) is 5.52. The fourth-order valence-electron chi connectivity index (χ4n) is 3.65. The van der Waals surface area contributed by atoms with Crippen molar-refractivity contribution in [2.24, 2.45) is 17.3 Å². The predicted molar refractivity (Wildman–Crippen MR) is 119 cm³/mol. The Morgan fingerprint density at radius 1 is 1.03 bits per heavy atom. The summed E-state index contributed by atoms with van der Waals surface area (Å²) in [6.07, 6.45) is 1.66. The molecule has 0 aliphatic heterocycles. The van der Waals surface area contributed by atoms with E-state index in [2.05, 4.69) is 0 Å². The van der Waals surface area contributed by atoms with Gasteiger partial charge in [0.05, 0.1) is 12.0 Å². The normalized spacial score (nSPS) is 19.6. The zero-order valence-electron chi connectivity index (χ0n) is 18.8. The summed E-state index contributed by atoms with van der Waals surface area (Å²) in [5.74, 6) is 0.500. The van der Waals surface area contributed by atoms with Crippen LogP contribution >= 0.6 is 0 Å². The average molecular weight is 423 g/mol. The Morgan fingerprint density at radius 3 is 2.39 bits per heavy atom. The molecule has 0 amide bonds. The first kappa shape index (κ1) is 22.6. The van der Waals surface area contributed by atoms with Crippen molar-refractivity contribution in [3.63, 3.8) is 0 Å². The topological polar surface area (TPSA) is 61.8 Å². The van der Waals surface area contributed by atoms with Gasteiger partial charge in [0.25, 0.3) is 0 Å². The van der Waals surface area contributed by atoms with Crippen molar-refractivity contribution in [2.75, 3.05) is 0 Å². The van der Waals surface area contributed by atoms with E-state index in [1.807, 2.05) is 88.4 Å². The number of ether oxygens (including phenoxy) is 3. The maximum absolute atomic E-state index is 12.7. The summed E-state index contributed by atoms with van der Waals surface area (Å²) in [5, 5.41) is 0. The van der Waals surface area contributed by atoms with Crippen molar-refractivity contribution in [1.29, 1.82) is 0 Å². The van der Waals surface area contributed by atoms with Crippen molar-refractivity contribution >= 4 is 11.9 Å². The van der Waals surface area contributed by atoms with E-state index in [4.69, 9.17) is 14.2 Å². The Kier molecular flexibility index (Phi) is 6.84. The van der Waals surface area contributed by atoms with Gasteiger partial charge in [-0.1, -0.05) is 50.3 Å². The van der Waals surface area contributed by atoms with Crippen LogP contribution in [0.25, 0.3) is 0 Å². The second kappa shape index (κ2) is 9.38. The Bertz CT molecular complexity index is 959. The fourth-order valence-corrected chi connectivity index (χ4v) is 3.65. The summed E-state index contributed by atoms with van der Waals surface area (Å²) >= 11 is 0. The van der Waals surface area contributed by atoms with Crippen molar-refractivity contribution < 1.29 is 23.8 Å². The molecule has 1 fully saturated rings. The van der Waals surface area contributed by atoms with Gasteiger partial charge >= 0.3 is 11.9 Å². The number of carbonyl (C=O) groups excluding carboxylic acids is 2. The molecule has 5 nitrogen and oxygen atoms in total. The summed E-state index contributed by atoms with van der Waals surface area (Å²) in [7, 11) is 0. The van der Waals surface area contributed by atoms with Gasteiger partial charge in [-0.05, 0) is 61.9 Å². The Hall–Kier alpha value is -3.08. The van der Waals surface area contributed by atoms with Crippen molar-refractivity contribution in [3.8, 4) is 11.5 Å². The third kappa shape index (κ3) is 5.75. The van der Waals surface area contributed by atoms with E-state index in [9.17, 15) is 9.59 Å². The van der Waals surface area contributed by atoms with Crippen molar-refractivity contribution in [1.82, 2.24) is 0 Å². The molecule has 0 aromatic heterocycles. The highest BCUT2D eigenvalue weighted by Gasteiger charge is 2.61. The van der Waals surface area contributed by atoms with Gasteiger partial charge < -0.3 is 14.2 Å². The highest BCUT2D eigenvalue weighted by molar-refractivity contribution is 5.88. The second-order valence-corrected chi connectivity index (χ2v) is 8.80. The summed E-state index contributed by atoms with van der Waals surface area (Å²) in [6, 6.07) is 17.0. The van der Waals surface area contributed by atoms with Gasteiger partial charge in [0.15, 0.2) is 0 Å². The molecule has 1 saturated carbocycles. The average Bonchev–Trinajstić information content (AvgIpc) is 3.26. The molecule has 1 aliphatic rings. The molecule has 31 heavy (non-hydrogen) atoms. The van der Waals surface area contributed by atoms with Crippen LogP contribution in [0.1, 0.15) is 40.2 Å². The SMILES string of the molecule is C/C(=C\C1C(C(=O)OCc2cccc(Oc3ccccc3)c2)C1(C)C)C(=O)OC(C)C. The lowest BCUT2D eigenvalue weighted by molar-refractivity contribution is -0.147. The maximum atomic E-state index is 12.7. The van der Waals surface area contributed by atoms with Crippen LogP contribution in [0, 0.1) is 17.3 Å². The Labute approximate surface area is 184 Å². The molecule has 5 heteroatoms. The maximum Gasteiger partial charge on any atom is 0.333 e. The van der Waals surface area contributed by atoms with Crippen LogP contribution in [-0.2, 0) is 25.7 Å². The van der Waals surface area contributed by atoms with Crippen molar-refractivity contribution in [2.45, 2.75) is 47.3 Å². The molecule has 0 saturated heterocycles. The summed E-state index contributed by atoms with van der Waals surface area (Å²) in [6.45, 7) is 9.53. The minimum Gasteiger partial charge on any atom is -0.461 e. The molecule has 1 aliphatic carbocycles. The van der Waals surface area contributed by atoms with Crippen LogP contribution in [0.2, 0.25) is 0 Å². The first-order chi connectivity index (χ1) is 14.7. The number of esters is 2. The summed E-state index contributed by atoms with van der Waals surface area (Å²) in [4.78, 5) is 24.8. The largest absolute Gasteiger partial charge is 0.461 e. The first-order valence-electron chi connectivity index (χ1n) is 10.6. The molecule has 2 atom stereocenters. The molecular weight excluding hydrogens is 392 g/mol. The number of carbonyl (C=O) groups is 2. The first-order valence-corrected chi connectivity index (χ1v) is 10.6. The standard InChI is InChI=1S/C26H30O5/c1-17(2)30-24(27)18(3)14-22-23(26(22,4)5)25(28)29-16-19-10-9-13-21(15-19)31-20-11-7-6-8-12-20/h6-15,17,22-23H,16H2,1-5H3/b18-14+. The summed E-state index contributed by atoms with van der Waals surface area (Å²) in [5.41, 5.74) is 1.12. The van der Waals surface area contributed by atoms with Crippen LogP contribution in [0.5, 0.6) is 11.5 Å². The minimum absolute atomic E-state index is 0.0486. The van der Waals surface area contributed by atoms with Gasteiger partial charge in [0.2, 0.25) is 0 Å². The molecule has 0 spiro atoms. The van der Waals surface area contributed by atoms with Crippen molar-refractivity contribution in [3.05, 3.63) is 71.8 Å². The molecular formula is C26H30O5. The molecule has 0 bridgehead atoms. The second-order valence-electron chi connectivity index (χ2n) is 8.80. The van der Waals surface area contributed by atoms with Crippen LogP contribution in [0.3, 0.4) is 0 Å². The lowest BCUT2D eigenvalue weighted by Crippen LogP contribution is -2.12. The quantitative estimate of drug-likeness (QED) is 0.404. The molecule has 164 valence electrons. The number of rotatable bonds is 8. The highest BCUT2D eigenvalue weighted by atomic mass is 16.5. The van der Waals surface area contributed by atoms with Gasteiger partial charge in [0.1, 0.15) is 18.1 Å². The van der Waals surface area contributed by atoms with E-state index in [-0.39, 0.29) is 41.9 Å². The van der Waals surface area contributed by atoms with Gasteiger partial charge in [-0.25, -0.2) is 4.79 Å². The summed E-state index contributed by atoms with van der Waals surface area (Å²) < 4.78 is 16.7. The molecule has 2 aromatic carbocycles. The van der Waals surface area contributed by atoms with Gasteiger partial charge in [-0.3, -0.25) is 4.79 Å². The molecule has 0 heterocycles. The van der Waals surface area contributed by atoms with Gasteiger partial charge in [0, 0.05) is 5.57 Å². The Balaban J connectivity index is 1.58. The van der Waals surface area contributed by atoms with Crippen LogP contribution in [-0.4, -0.2) is 18.0 Å². The smallest absolute Gasteiger partial charge is 0.333 e. The number of benzene rings is 2. The van der Waals surface area contributed by atoms with E-state index in [1.165, 1.54) is 0 Å². The van der Waals surface area contributed by atoms with E-state index < -0.39 is 0 Å². The van der Waals surface area contributed by atoms with Gasteiger partial charge in [-0.15, -0.1) is 0 Å². The van der Waals surface area contributed by atoms with Crippen LogP contribution in [0.4, 0.5) is 0 Å².